The van der Waals surface area contributed by atoms with Crippen LogP contribution in [0.25, 0.3) is 0 Å². The van der Waals surface area contributed by atoms with Gasteiger partial charge in [0.15, 0.2) is 0 Å². The summed E-state index contributed by atoms with van der Waals surface area (Å²) < 4.78 is 0. The molecule has 69 heavy (non-hydrogen) atoms. The first kappa shape index (κ1) is 61.0. The van der Waals surface area contributed by atoms with E-state index in [0.29, 0.717) is 30.6 Å². The minimum Gasteiger partial charge on any atom is -0.508 e. The fourth-order valence-electron chi connectivity index (χ4n) is 6.61. The van der Waals surface area contributed by atoms with Crippen molar-refractivity contribution in [3.63, 3.8) is 0 Å². The Morgan fingerprint density at radius 3 is 1.65 bits per heavy atom. The predicted octanol–water partition coefficient (Wildman–Crippen LogP) is -1.95. The molecule has 0 aliphatic carbocycles. The summed E-state index contributed by atoms with van der Waals surface area (Å²) in [5.74, 6) is -11.5. The van der Waals surface area contributed by atoms with Crippen molar-refractivity contribution in [3.05, 3.63) is 29.8 Å². The van der Waals surface area contributed by atoms with Crippen LogP contribution >= 0.6 is 11.8 Å². The number of thioether (sulfide) groups is 1. The van der Waals surface area contributed by atoms with Gasteiger partial charge in [-0.2, -0.15) is 11.8 Å². The van der Waals surface area contributed by atoms with Gasteiger partial charge in [-0.05, 0) is 86.6 Å². The number of rotatable bonds is 34. The molecule has 388 valence electrons. The van der Waals surface area contributed by atoms with E-state index in [-0.39, 0.29) is 43.9 Å². The van der Waals surface area contributed by atoms with Crippen LogP contribution in [0.5, 0.6) is 5.75 Å². The normalized spacial score (nSPS) is 15.0. The van der Waals surface area contributed by atoms with E-state index in [9.17, 15) is 73.5 Å². The second kappa shape index (κ2) is 31.9. The van der Waals surface area contributed by atoms with Crippen LogP contribution in [0.3, 0.4) is 0 Å². The number of aliphatic carboxylic acids is 3. The van der Waals surface area contributed by atoms with E-state index in [0.717, 1.165) is 0 Å². The number of aliphatic hydroxyl groups is 1. The summed E-state index contributed by atoms with van der Waals surface area (Å²) in [5, 5.41) is 65.1. The molecule has 0 saturated heterocycles. The van der Waals surface area contributed by atoms with E-state index in [1.54, 1.807) is 27.7 Å². The number of phenols is 1. The fourth-order valence-corrected chi connectivity index (χ4v) is 7.10. The van der Waals surface area contributed by atoms with Gasteiger partial charge < -0.3 is 74.2 Å². The minimum absolute atomic E-state index is 0.0302. The standard InChI is InChI=1S/C44H71N9O15S/c1-6-24(4)36(53-41(64)30(19-23(2)3)49-38(61)28(9-7-8-17-45)47-42(65)33(22-54)52-37(60)27(46)16-18-69-5)43(66)48-29(14-15-34(56)57)39(62)50-31(20-25-10-12-26(55)13-11-25)40(63)51-32(44(67)68)21-35(58)59/h10-13,23-24,27-33,36,54-55H,6-9,14-22,45-46H2,1-5H3,(H,47,65)(H,48,66)(H,49,61)(H,50,62)(H,51,63)(H,52,60)(H,53,64)(H,56,57)(H,58,59)(H,67,68)/t24-,27-,28-,29-,30-,31-,32-,33-,36-/m0/s1. The quantitative estimate of drug-likeness (QED) is 0.0334. The molecule has 24 nitrogen and oxygen atoms in total. The third kappa shape index (κ3) is 23.2. The van der Waals surface area contributed by atoms with Crippen molar-refractivity contribution < 1.29 is 73.5 Å². The summed E-state index contributed by atoms with van der Waals surface area (Å²) in [6, 6.07) is -6.32. The Morgan fingerprint density at radius 1 is 0.623 bits per heavy atom. The highest BCUT2D eigenvalue weighted by Crippen LogP contribution is 2.15. The van der Waals surface area contributed by atoms with Gasteiger partial charge in [-0.1, -0.05) is 46.2 Å². The fraction of sp³-hybridized carbons (Fsp3) is 0.636. The van der Waals surface area contributed by atoms with Crippen LogP contribution in [0, 0.1) is 11.8 Å². The Morgan fingerprint density at radius 2 is 1.13 bits per heavy atom. The smallest absolute Gasteiger partial charge is 0.326 e. The topological polar surface area (TPSA) is 408 Å². The van der Waals surface area contributed by atoms with Crippen molar-refractivity contribution >= 4 is 71.0 Å². The third-order valence-electron chi connectivity index (χ3n) is 10.8. The lowest BCUT2D eigenvalue weighted by Gasteiger charge is -2.30. The second-order valence-electron chi connectivity index (χ2n) is 17.0. The predicted molar refractivity (Wildman–Crippen MR) is 252 cm³/mol. The van der Waals surface area contributed by atoms with E-state index < -0.39 is 139 Å². The number of benzene rings is 1. The molecule has 1 aromatic carbocycles. The first-order valence-corrected chi connectivity index (χ1v) is 24.0. The number of phenolic OH excluding ortho intramolecular Hbond substituents is 1. The van der Waals surface area contributed by atoms with E-state index in [1.807, 2.05) is 6.26 Å². The Kier molecular flexibility index (Phi) is 28.2. The Balaban J connectivity index is 3.49. The summed E-state index contributed by atoms with van der Waals surface area (Å²) in [7, 11) is 0. The molecule has 0 fully saturated rings. The molecule has 9 atom stereocenters. The number of aliphatic hydroxyl groups excluding tert-OH is 1. The molecule has 0 aliphatic rings. The number of amides is 7. The van der Waals surface area contributed by atoms with Gasteiger partial charge in [-0.25, -0.2) is 4.79 Å². The average Bonchev–Trinajstić information content (AvgIpc) is 3.28. The number of unbranched alkanes of at least 4 members (excludes halogenated alkanes) is 1. The van der Waals surface area contributed by atoms with Gasteiger partial charge in [0, 0.05) is 12.8 Å². The number of carboxylic acids is 3. The molecule has 0 saturated carbocycles. The Hall–Kier alpha value is -6.05. The lowest BCUT2D eigenvalue weighted by molar-refractivity contribution is -0.147. The van der Waals surface area contributed by atoms with Crippen molar-refractivity contribution in [2.75, 3.05) is 25.2 Å². The Labute approximate surface area is 405 Å². The molecule has 0 aliphatic heterocycles. The zero-order valence-electron chi connectivity index (χ0n) is 39.7. The highest BCUT2D eigenvalue weighted by atomic mass is 32.2. The first-order chi connectivity index (χ1) is 32.5. The monoisotopic (exact) mass is 997 g/mol. The van der Waals surface area contributed by atoms with Gasteiger partial charge in [0.1, 0.15) is 48.0 Å². The largest absolute Gasteiger partial charge is 0.508 e. The van der Waals surface area contributed by atoms with Crippen molar-refractivity contribution in [2.24, 2.45) is 23.3 Å². The molecule has 7 amide bonds. The van der Waals surface area contributed by atoms with E-state index in [2.05, 4.69) is 37.2 Å². The molecule has 16 N–H and O–H groups in total. The van der Waals surface area contributed by atoms with Crippen LogP contribution in [0.1, 0.15) is 91.0 Å². The second-order valence-corrected chi connectivity index (χ2v) is 17.9. The molecule has 0 heterocycles. The van der Waals surface area contributed by atoms with Crippen LogP contribution in [-0.2, 0) is 54.4 Å². The number of hydrogen-bond acceptors (Lipinski definition) is 15. The maximum Gasteiger partial charge on any atom is 0.326 e. The van der Waals surface area contributed by atoms with E-state index in [1.165, 1.54) is 36.0 Å². The maximum absolute atomic E-state index is 14.1. The summed E-state index contributed by atoms with van der Waals surface area (Å²) in [5.41, 5.74) is 11.9. The number of carbonyl (C=O) groups is 10. The highest BCUT2D eigenvalue weighted by Gasteiger charge is 2.36. The van der Waals surface area contributed by atoms with Gasteiger partial charge >= 0.3 is 17.9 Å². The zero-order chi connectivity index (χ0) is 52.4. The average molecular weight is 998 g/mol. The number of carbonyl (C=O) groups excluding carboxylic acids is 7. The van der Waals surface area contributed by atoms with E-state index >= 15 is 0 Å². The first-order valence-electron chi connectivity index (χ1n) is 22.6. The summed E-state index contributed by atoms with van der Waals surface area (Å²) in [6.07, 6.45) is 0.738. The zero-order valence-corrected chi connectivity index (χ0v) is 40.5. The minimum atomic E-state index is -1.92. The summed E-state index contributed by atoms with van der Waals surface area (Å²) in [4.78, 5) is 130. The summed E-state index contributed by atoms with van der Waals surface area (Å²) >= 11 is 1.46. The van der Waals surface area contributed by atoms with Crippen LogP contribution in [0.4, 0.5) is 0 Å². The molecule has 0 radical (unpaired) electrons. The lowest BCUT2D eigenvalue weighted by Crippen LogP contribution is -2.61. The van der Waals surface area contributed by atoms with Crippen molar-refractivity contribution in [1.82, 2.24) is 37.2 Å². The van der Waals surface area contributed by atoms with Crippen LogP contribution < -0.4 is 48.7 Å². The van der Waals surface area contributed by atoms with Crippen molar-refractivity contribution in [3.8, 4) is 5.75 Å². The molecule has 0 unspecified atom stereocenters. The van der Waals surface area contributed by atoms with Gasteiger partial charge in [-0.3, -0.25) is 43.2 Å². The number of carboxylic acid groups (broad SMARTS) is 3. The van der Waals surface area contributed by atoms with Gasteiger partial charge in [0.25, 0.3) is 0 Å². The Bertz CT molecular complexity index is 1890. The number of aromatic hydroxyl groups is 1. The molecule has 25 heteroatoms. The van der Waals surface area contributed by atoms with E-state index in [4.69, 9.17) is 11.5 Å². The highest BCUT2D eigenvalue weighted by molar-refractivity contribution is 7.98. The van der Waals surface area contributed by atoms with Crippen LogP contribution in [-0.4, -0.2) is 158 Å². The van der Waals surface area contributed by atoms with Crippen molar-refractivity contribution in [2.45, 2.75) is 140 Å². The van der Waals surface area contributed by atoms with Crippen LogP contribution in [0.2, 0.25) is 0 Å². The van der Waals surface area contributed by atoms with Gasteiger partial charge in [0.05, 0.1) is 19.1 Å². The van der Waals surface area contributed by atoms with Crippen LogP contribution in [0.15, 0.2) is 24.3 Å². The third-order valence-corrected chi connectivity index (χ3v) is 11.4. The lowest BCUT2D eigenvalue weighted by atomic mass is 9.96. The van der Waals surface area contributed by atoms with Gasteiger partial charge in [0.2, 0.25) is 41.4 Å². The summed E-state index contributed by atoms with van der Waals surface area (Å²) in [6.45, 7) is 6.28. The molecular weight excluding hydrogens is 927 g/mol. The SMILES string of the molecule is CC[C@H](C)[C@H](NC(=O)[C@H](CC(C)C)NC(=O)[C@H](CCCCN)NC(=O)[C@H](CO)NC(=O)[C@@H](N)CCSC)C(=O)N[C@@H](CCC(=O)O)C(=O)N[C@@H](Cc1ccc(O)cc1)C(=O)N[C@@H](CC(=O)O)C(=O)O. The molecule has 1 rings (SSSR count). The molecule has 0 aromatic heterocycles. The number of nitrogens with two attached hydrogens (primary N) is 2. The molecular formula is C44H71N9O15S. The molecule has 1 aromatic rings. The van der Waals surface area contributed by atoms with Crippen molar-refractivity contribution in [1.29, 1.82) is 0 Å². The number of nitrogens with one attached hydrogen (secondary N) is 7. The molecule has 0 spiro atoms. The maximum atomic E-state index is 14.1. The van der Waals surface area contributed by atoms with Gasteiger partial charge in [-0.15, -0.1) is 0 Å². The molecule has 0 bridgehead atoms. The number of hydrogen-bond donors (Lipinski definition) is 14.